The van der Waals surface area contributed by atoms with Crippen LogP contribution in [0, 0.1) is 6.92 Å². The van der Waals surface area contributed by atoms with E-state index in [2.05, 4.69) is 4.98 Å². The highest BCUT2D eigenvalue weighted by molar-refractivity contribution is 6.47. The number of rotatable bonds is 4. The molecule has 1 aromatic carbocycles. The minimum Gasteiger partial charge on any atom is -0.441 e. The van der Waals surface area contributed by atoms with Gasteiger partial charge in [0.25, 0.3) is 0 Å². The Morgan fingerprint density at radius 2 is 1.95 bits per heavy atom. The summed E-state index contributed by atoms with van der Waals surface area (Å²) < 4.78 is 11.2. The number of benzene rings is 1. The monoisotopic (exact) mass is 260 g/mol. The molecule has 0 aliphatic rings. The van der Waals surface area contributed by atoms with Gasteiger partial charge in [0, 0.05) is 6.92 Å². The van der Waals surface area contributed by atoms with Crippen molar-refractivity contribution in [2.75, 3.05) is 0 Å². The fourth-order valence-electron chi connectivity index (χ4n) is 1.49. The summed E-state index contributed by atoms with van der Waals surface area (Å²) in [6.07, 6.45) is 0. The molecular weight excluding hydrogens is 241 g/mol. The number of hydrogen-bond donors (Lipinski definition) is 1. The molecule has 0 fully saturated rings. The van der Waals surface area contributed by atoms with Crippen LogP contribution < -0.4 is 5.46 Å². The summed E-state index contributed by atoms with van der Waals surface area (Å²) in [5.74, 6) is 0.643. The Bertz CT molecular complexity index is 584. The first-order valence-corrected chi connectivity index (χ1v) is 6.30. The van der Waals surface area contributed by atoms with Crippen LogP contribution in [0.4, 0.5) is 0 Å². The van der Waals surface area contributed by atoms with E-state index in [1.807, 2.05) is 39.0 Å². The molecule has 1 heterocycles. The average Bonchev–Trinajstić information content (AvgIpc) is 2.64. The highest BCUT2D eigenvalue weighted by atomic mass is 16.5. The first-order chi connectivity index (χ1) is 8.69. The van der Waals surface area contributed by atoms with Crippen molar-refractivity contribution >= 4 is 24.0 Å². The minimum atomic E-state index is -0.934. The maximum absolute atomic E-state index is 10.0. The lowest BCUT2D eigenvalue weighted by atomic mass is 9.82. The fourth-order valence-corrected chi connectivity index (χ4v) is 1.49. The number of aromatic nitrogens is 1. The second kappa shape index (κ2) is 4.65. The van der Waals surface area contributed by atoms with Crippen LogP contribution in [-0.2, 0) is 4.65 Å². The zero-order valence-corrected chi connectivity index (χ0v) is 12.0. The lowest BCUT2D eigenvalue weighted by Gasteiger charge is -2.37. The largest absolute Gasteiger partial charge is 0.441 e. The highest BCUT2D eigenvalue weighted by Crippen LogP contribution is 2.24. The van der Waals surface area contributed by atoms with E-state index in [1.54, 1.807) is 21.3 Å². The summed E-state index contributed by atoms with van der Waals surface area (Å²) in [6.45, 7) is 8.96. The predicted molar refractivity (Wildman–Crippen MR) is 75.6 cm³/mol. The Morgan fingerprint density at radius 1 is 1.26 bits per heavy atom. The quantitative estimate of drug-likeness (QED) is 0.853. The molecule has 0 saturated heterocycles. The van der Waals surface area contributed by atoms with Gasteiger partial charge in [-0.25, -0.2) is 4.98 Å². The molecule has 19 heavy (non-hydrogen) atoms. The van der Waals surface area contributed by atoms with Gasteiger partial charge in [0.1, 0.15) is 5.52 Å². The number of hydrogen-bond acceptors (Lipinski definition) is 4. The summed E-state index contributed by atoms with van der Waals surface area (Å²) in [5.41, 5.74) is 0.823. The van der Waals surface area contributed by atoms with Gasteiger partial charge in [0.05, 0.1) is 11.2 Å². The van der Waals surface area contributed by atoms with Gasteiger partial charge >= 0.3 is 7.48 Å². The molecule has 5 heteroatoms. The van der Waals surface area contributed by atoms with E-state index in [0.717, 1.165) is 16.6 Å². The summed E-state index contributed by atoms with van der Waals surface area (Å²) in [4.78, 5) is 4.24. The molecule has 0 saturated carbocycles. The van der Waals surface area contributed by atoms with Gasteiger partial charge in [-0.05, 0) is 45.3 Å². The molecule has 4 nitrogen and oxygen atoms in total. The molecule has 0 spiro atoms. The average molecular weight is 260 g/mol. The summed E-state index contributed by atoms with van der Waals surface area (Å²) in [7, 11) is 1.63. The Hall–Kier alpha value is -1.33. The molecule has 0 aliphatic carbocycles. The normalized spacial score (nSPS) is 12.9. The van der Waals surface area contributed by atoms with Gasteiger partial charge in [-0.15, -0.1) is 0 Å². The van der Waals surface area contributed by atoms with Crippen molar-refractivity contribution in [3.63, 3.8) is 0 Å². The van der Waals surface area contributed by atoms with E-state index < -0.39 is 11.2 Å². The molecular formula is C14H19BNO3. The molecule has 101 valence electrons. The molecule has 0 unspecified atom stereocenters. The molecule has 0 atom stereocenters. The lowest BCUT2D eigenvalue weighted by Crippen LogP contribution is -2.49. The highest BCUT2D eigenvalue weighted by Gasteiger charge is 2.35. The topological polar surface area (TPSA) is 55.5 Å². The SMILES string of the molecule is Cc1nc2ccc([B]OC(C)(C)C(C)(C)O)cc2o1. The van der Waals surface area contributed by atoms with Gasteiger partial charge in [-0.3, -0.25) is 0 Å². The molecule has 1 aromatic heterocycles. The number of aliphatic hydroxyl groups is 1. The second-order valence-electron chi connectivity index (χ2n) is 5.77. The van der Waals surface area contributed by atoms with Crippen molar-refractivity contribution in [2.24, 2.45) is 0 Å². The van der Waals surface area contributed by atoms with Crippen molar-refractivity contribution < 1.29 is 14.2 Å². The minimum absolute atomic E-state index is 0.643. The van der Waals surface area contributed by atoms with E-state index in [1.165, 1.54) is 0 Å². The number of aryl methyl sites for hydroxylation is 1. The zero-order valence-electron chi connectivity index (χ0n) is 12.0. The maximum atomic E-state index is 10.0. The third-order valence-corrected chi connectivity index (χ3v) is 3.48. The summed E-state index contributed by atoms with van der Waals surface area (Å²) in [6, 6.07) is 5.67. The fraction of sp³-hybridized carbons (Fsp3) is 0.500. The first-order valence-electron chi connectivity index (χ1n) is 6.30. The number of nitrogens with zero attached hydrogens (tertiary/aromatic N) is 1. The van der Waals surface area contributed by atoms with Gasteiger partial charge in [0.15, 0.2) is 11.5 Å². The number of oxazole rings is 1. The van der Waals surface area contributed by atoms with E-state index >= 15 is 0 Å². The van der Waals surface area contributed by atoms with Crippen LogP contribution in [0.25, 0.3) is 11.1 Å². The van der Waals surface area contributed by atoms with Crippen molar-refractivity contribution in [1.29, 1.82) is 0 Å². The van der Waals surface area contributed by atoms with Crippen LogP contribution in [-0.4, -0.2) is 28.8 Å². The third kappa shape index (κ3) is 2.99. The van der Waals surface area contributed by atoms with Gasteiger partial charge in [0.2, 0.25) is 0 Å². The molecule has 2 rings (SSSR count). The summed E-state index contributed by atoms with van der Waals surface area (Å²) >= 11 is 0. The molecule has 0 aliphatic heterocycles. The van der Waals surface area contributed by atoms with Crippen LogP contribution in [0.2, 0.25) is 0 Å². The van der Waals surface area contributed by atoms with Gasteiger partial charge in [-0.1, -0.05) is 6.07 Å². The van der Waals surface area contributed by atoms with Crippen LogP contribution in [0.3, 0.4) is 0 Å². The standard InChI is InChI=1S/C14H19BNO3/c1-9-16-11-7-6-10(8-12(11)18-9)15-19-14(4,5)13(2,3)17/h6-8,17H,1-5H3. The van der Waals surface area contributed by atoms with Crippen molar-refractivity contribution in [3.05, 3.63) is 24.1 Å². The van der Waals surface area contributed by atoms with Crippen molar-refractivity contribution in [2.45, 2.75) is 45.8 Å². The summed E-state index contributed by atoms with van der Waals surface area (Å²) in [5, 5.41) is 10.0. The number of fused-ring (bicyclic) bond motifs is 1. The first kappa shape index (κ1) is 14.1. The van der Waals surface area contributed by atoms with Gasteiger partial charge in [-0.2, -0.15) is 0 Å². The van der Waals surface area contributed by atoms with Crippen LogP contribution in [0.15, 0.2) is 22.6 Å². The third-order valence-electron chi connectivity index (χ3n) is 3.48. The molecule has 0 bridgehead atoms. The zero-order chi connectivity index (χ0) is 14.3. The Balaban J connectivity index is 2.14. The Labute approximate surface area is 114 Å². The smallest absolute Gasteiger partial charge is 0.331 e. The Morgan fingerprint density at radius 3 is 2.58 bits per heavy atom. The van der Waals surface area contributed by atoms with Crippen LogP contribution in [0.5, 0.6) is 0 Å². The van der Waals surface area contributed by atoms with E-state index in [4.69, 9.17) is 9.07 Å². The van der Waals surface area contributed by atoms with Crippen molar-refractivity contribution in [3.8, 4) is 0 Å². The predicted octanol–water partition coefficient (Wildman–Crippen LogP) is 1.95. The molecule has 2 aromatic rings. The molecule has 0 amide bonds. The van der Waals surface area contributed by atoms with E-state index in [-0.39, 0.29) is 0 Å². The van der Waals surface area contributed by atoms with E-state index in [0.29, 0.717) is 5.89 Å². The molecule has 1 N–H and O–H groups in total. The second-order valence-corrected chi connectivity index (χ2v) is 5.77. The lowest BCUT2D eigenvalue weighted by molar-refractivity contribution is -0.0893. The van der Waals surface area contributed by atoms with Crippen LogP contribution in [0.1, 0.15) is 33.6 Å². The van der Waals surface area contributed by atoms with Crippen LogP contribution >= 0.6 is 0 Å². The van der Waals surface area contributed by atoms with Crippen molar-refractivity contribution in [1.82, 2.24) is 4.98 Å². The van der Waals surface area contributed by atoms with Gasteiger partial charge < -0.3 is 14.2 Å². The maximum Gasteiger partial charge on any atom is 0.331 e. The Kier molecular flexibility index (Phi) is 3.45. The molecule has 1 radical (unpaired) electrons. The van der Waals surface area contributed by atoms with E-state index in [9.17, 15) is 5.11 Å².